The van der Waals surface area contributed by atoms with Crippen molar-refractivity contribution in [3.63, 3.8) is 0 Å². The zero-order chi connectivity index (χ0) is 12.1. The molecule has 1 atom stereocenters. The second-order valence-corrected chi connectivity index (χ2v) is 5.98. The van der Waals surface area contributed by atoms with Crippen LogP contribution in [-0.4, -0.2) is 25.0 Å². The van der Waals surface area contributed by atoms with Gasteiger partial charge in [-0.05, 0) is 32.2 Å². The van der Waals surface area contributed by atoms with Gasteiger partial charge in [-0.15, -0.1) is 0 Å². The molecule has 0 radical (unpaired) electrons. The topological polar surface area (TPSA) is 41.1 Å². The zero-order valence-electron chi connectivity index (χ0n) is 11.1. The molecule has 1 aliphatic heterocycles. The molecule has 1 aliphatic carbocycles. The Morgan fingerprint density at radius 2 is 2.00 bits per heavy atom. The predicted molar refractivity (Wildman–Crippen MR) is 69.8 cm³/mol. The molecule has 2 N–H and O–H groups in total. The molecule has 98 valence electrons. The first kappa shape index (κ1) is 12.9. The Balaban J connectivity index is 1.75. The van der Waals surface area contributed by atoms with E-state index in [0.29, 0.717) is 6.04 Å². The first-order chi connectivity index (χ1) is 8.21. The van der Waals surface area contributed by atoms with E-state index in [0.717, 1.165) is 25.9 Å². The van der Waals surface area contributed by atoms with Crippen LogP contribution >= 0.6 is 0 Å². The van der Waals surface area contributed by atoms with Gasteiger partial charge in [0, 0.05) is 18.0 Å². The van der Waals surface area contributed by atoms with Crippen LogP contribution in [0.1, 0.15) is 58.3 Å². The monoisotopic (exact) mass is 238 g/mol. The number of carbonyl (C=O) groups is 1. The fourth-order valence-corrected chi connectivity index (χ4v) is 3.09. The van der Waals surface area contributed by atoms with Crippen molar-refractivity contribution < 1.29 is 4.79 Å². The minimum Gasteiger partial charge on any atom is -0.354 e. The first-order valence-electron chi connectivity index (χ1n) is 7.22. The van der Waals surface area contributed by atoms with Crippen LogP contribution in [0.2, 0.25) is 0 Å². The molecule has 2 rings (SSSR count). The highest BCUT2D eigenvalue weighted by molar-refractivity contribution is 5.82. The standard InChI is InChI=1S/C14H26N2O/c1-14(8-4-2-5-9-14)13(17)16-11-12-7-3-6-10-15-12/h12,15H,2-11H2,1H3,(H,16,17). The van der Waals surface area contributed by atoms with Crippen molar-refractivity contribution in [2.45, 2.75) is 64.3 Å². The van der Waals surface area contributed by atoms with E-state index in [1.165, 1.54) is 38.5 Å². The van der Waals surface area contributed by atoms with Gasteiger partial charge in [-0.25, -0.2) is 0 Å². The van der Waals surface area contributed by atoms with E-state index in [2.05, 4.69) is 17.6 Å². The van der Waals surface area contributed by atoms with Crippen LogP contribution in [0.3, 0.4) is 0 Å². The number of hydrogen-bond acceptors (Lipinski definition) is 2. The summed E-state index contributed by atoms with van der Waals surface area (Å²) < 4.78 is 0. The fraction of sp³-hybridized carbons (Fsp3) is 0.929. The van der Waals surface area contributed by atoms with Gasteiger partial charge in [0.15, 0.2) is 0 Å². The summed E-state index contributed by atoms with van der Waals surface area (Å²) in [5.41, 5.74) is -0.0904. The van der Waals surface area contributed by atoms with E-state index in [9.17, 15) is 4.79 Å². The number of hydrogen-bond donors (Lipinski definition) is 2. The lowest BCUT2D eigenvalue weighted by Crippen LogP contribution is -2.47. The highest BCUT2D eigenvalue weighted by Gasteiger charge is 2.34. The van der Waals surface area contributed by atoms with E-state index >= 15 is 0 Å². The van der Waals surface area contributed by atoms with Crippen LogP contribution in [-0.2, 0) is 4.79 Å². The highest BCUT2D eigenvalue weighted by Crippen LogP contribution is 2.35. The maximum Gasteiger partial charge on any atom is 0.225 e. The molecule has 2 fully saturated rings. The summed E-state index contributed by atoms with van der Waals surface area (Å²) in [6.45, 7) is 4.06. The van der Waals surface area contributed by atoms with Crippen molar-refractivity contribution >= 4 is 5.91 Å². The third-order valence-corrected chi connectivity index (χ3v) is 4.43. The Labute approximate surface area is 105 Å². The van der Waals surface area contributed by atoms with Crippen LogP contribution in [0.4, 0.5) is 0 Å². The Morgan fingerprint density at radius 1 is 1.24 bits per heavy atom. The quantitative estimate of drug-likeness (QED) is 0.791. The summed E-state index contributed by atoms with van der Waals surface area (Å²) in [6.07, 6.45) is 9.64. The van der Waals surface area contributed by atoms with Crippen LogP contribution in [0.25, 0.3) is 0 Å². The second-order valence-electron chi connectivity index (χ2n) is 5.98. The maximum absolute atomic E-state index is 12.2. The van der Waals surface area contributed by atoms with Crippen molar-refractivity contribution in [2.75, 3.05) is 13.1 Å². The molecular weight excluding hydrogens is 212 g/mol. The summed E-state index contributed by atoms with van der Waals surface area (Å²) >= 11 is 0. The normalized spacial score (nSPS) is 28.6. The molecule has 0 spiro atoms. The lowest BCUT2D eigenvalue weighted by molar-refractivity contribution is -0.132. The largest absolute Gasteiger partial charge is 0.354 e. The number of amides is 1. The zero-order valence-corrected chi connectivity index (χ0v) is 11.1. The molecule has 3 nitrogen and oxygen atoms in total. The molecule has 1 saturated heterocycles. The van der Waals surface area contributed by atoms with Gasteiger partial charge in [0.25, 0.3) is 0 Å². The lowest BCUT2D eigenvalue weighted by Gasteiger charge is -2.33. The predicted octanol–water partition coefficient (Wildman–Crippen LogP) is 2.22. The third kappa shape index (κ3) is 3.44. The van der Waals surface area contributed by atoms with Crippen molar-refractivity contribution in [2.24, 2.45) is 5.41 Å². The van der Waals surface area contributed by atoms with Crippen molar-refractivity contribution in [1.29, 1.82) is 0 Å². The third-order valence-electron chi connectivity index (χ3n) is 4.43. The minimum atomic E-state index is -0.0904. The van der Waals surface area contributed by atoms with Gasteiger partial charge in [0.1, 0.15) is 0 Å². The number of carbonyl (C=O) groups excluding carboxylic acids is 1. The van der Waals surface area contributed by atoms with E-state index in [1.807, 2.05) is 0 Å². The molecule has 17 heavy (non-hydrogen) atoms. The summed E-state index contributed by atoms with van der Waals surface area (Å²) in [5.74, 6) is 0.282. The Bertz CT molecular complexity index is 253. The summed E-state index contributed by atoms with van der Waals surface area (Å²) in [4.78, 5) is 12.2. The molecule has 1 amide bonds. The van der Waals surface area contributed by atoms with Gasteiger partial charge < -0.3 is 10.6 Å². The van der Waals surface area contributed by atoms with Gasteiger partial charge in [-0.1, -0.05) is 32.6 Å². The van der Waals surface area contributed by atoms with Crippen LogP contribution in [0.5, 0.6) is 0 Å². The van der Waals surface area contributed by atoms with Crippen molar-refractivity contribution in [3.05, 3.63) is 0 Å². The van der Waals surface area contributed by atoms with E-state index in [-0.39, 0.29) is 11.3 Å². The second kappa shape index (κ2) is 5.85. The summed E-state index contributed by atoms with van der Waals surface area (Å²) in [6, 6.07) is 0.500. The summed E-state index contributed by atoms with van der Waals surface area (Å²) in [5, 5.41) is 6.64. The van der Waals surface area contributed by atoms with Gasteiger partial charge in [0.2, 0.25) is 5.91 Å². The van der Waals surface area contributed by atoms with Crippen LogP contribution < -0.4 is 10.6 Å². The average molecular weight is 238 g/mol. The molecule has 3 heteroatoms. The molecule has 1 heterocycles. The Morgan fingerprint density at radius 3 is 2.65 bits per heavy atom. The SMILES string of the molecule is CC1(C(=O)NCC2CCCCN2)CCCCC1. The van der Waals surface area contributed by atoms with E-state index in [4.69, 9.17) is 0 Å². The Hall–Kier alpha value is -0.570. The molecule has 0 bridgehead atoms. The number of piperidine rings is 1. The van der Waals surface area contributed by atoms with Crippen LogP contribution in [0.15, 0.2) is 0 Å². The van der Waals surface area contributed by atoms with Crippen LogP contribution in [0, 0.1) is 5.41 Å². The highest BCUT2D eigenvalue weighted by atomic mass is 16.2. The lowest BCUT2D eigenvalue weighted by atomic mass is 9.75. The number of rotatable bonds is 3. The van der Waals surface area contributed by atoms with Gasteiger partial charge >= 0.3 is 0 Å². The molecule has 1 unspecified atom stereocenters. The van der Waals surface area contributed by atoms with Crippen molar-refractivity contribution in [1.82, 2.24) is 10.6 Å². The summed E-state index contributed by atoms with van der Waals surface area (Å²) in [7, 11) is 0. The molecule has 2 aliphatic rings. The maximum atomic E-state index is 12.2. The molecule has 1 saturated carbocycles. The van der Waals surface area contributed by atoms with Gasteiger partial charge in [-0.2, -0.15) is 0 Å². The molecule has 0 aromatic rings. The van der Waals surface area contributed by atoms with E-state index in [1.54, 1.807) is 0 Å². The smallest absolute Gasteiger partial charge is 0.225 e. The van der Waals surface area contributed by atoms with Gasteiger partial charge in [0.05, 0.1) is 0 Å². The molecular formula is C14H26N2O. The van der Waals surface area contributed by atoms with Crippen molar-refractivity contribution in [3.8, 4) is 0 Å². The van der Waals surface area contributed by atoms with E-state index < -0.39 is 0 Å². The Kier molecular flexibility index (Phi) is 4.43. The minimum absolute atomic E-state index is 0.0904. The number of nitrogens with one attached hydrogen (secondary N) is 2. The van der Waals surface area contributed by atoms with Gasteiger partial charge in [-0.3, -0.25) is 4.79 Å². The fourth-order valence-electron chi connectivity index (χ4n) is 3.09. The molecule has 0 aromatic carbocycles. The first-order valence-corrected chi connectivity index (χ1v) is 7.22. The molecule has 0 aromatic heterocycles. The average Bonchev–Trinajstić information content (AvgIpc) is 2.38.